The zero-order chi connectivity index (χ0) is 4.50. The van der Waals surface area contributed by atoms with Gasteiger partial charge in [0.25, 0.3) is 0 Å². The Kier molecular flexibility index (Phi) is 45.1. The smallest absolute Gasteiger partial charge is 0.822 e. The van der Waals surface area contributed by atoms with E-state index in [1.807, 2.05) is 0 Å². The monoisotopic (exact) mass is 270 g/mol. The second kappa shape index (κ2) is 13.7. The molecule has 0 aliphatic heterocycles. The first-order valence-electron chi connectivity index (χ1n) is 0.730. The van der Waals surface area contributed by atoms with Crippen LogP contribution in [0.15, 0.2) is 0 Å². The van der Waals surface area contributed by atoms with Crippen molar-refractivity contribution >= 4 is 68.6 Å². The fourth-order valence-corrected chi connectivity index (χ4v) is 0. The maximum atomic E-state index is 8.55. The Balaban J connectivity index is -0.0000000133. The quantitative estimate of drug-likeness (QED) is 0.336. The maximum absolute atomic E-state index is 8.55. The molecule has 1 radical (unpaired) electrons. The fraction of sp³-hybridized carbons (Fsp3) is 0. The maximum Gasteiger partial charge on any atom is 2.00 e. The van der Waals surface area contributed by atoms with Crippen molar-refractivity contribution in [2.75, 3.05) is 0 Å². The largest absolute Gasteiger partial charge is 2.00 e. The molecule has 0 saturated carbocycles. The van der Waals surface area contributed by atoms with Gasteiger partial charge in [0.1, 0.15) is 0 Å². The zero-order valence-electron chi connectivity index (χ0n) is 4.23. The molecule has 0 N–H and O–H groups in total. The van der Waals surface area contributed by atoms with Crippen molar-refractivity contribution in [1.29, 1.82) is 0 Å². The van der Waals surface area contributed by atoms with Crippen LogP contribution in [0.5, 0.6) is 0 Å². The summed E-state index contributed by atoms with van der Waals surface area (Å²) in [6.45, 7) is 0. The van der Waals surface area contributed by atoms with Crippen LogP contribution in [0.3, 0.4) is 0 Å². The topological polar surface area (TPSA) is 86.2 Å². The third-order valence-electron chi connectivity index (χ3n) is 0. The van der Waals surface area contributed by atoms with Gasteiger partial charge in [-0.1, -0.05) is 0 Å². The van der Waals surface area contributed by atoms with Crippen molar-refractivity contribution in [3.63, 3.8) is 0 Å². The van der Waals surface area contributed by atoms with E-state index in [0.29, 0.717) is 0 Å². The van der Waals surface area contributed by atoms with E-state index < -0.39 is 7.82 Å². The fourth-order valence-electron chi connectivity index (χ4n) is 0. The van der Waals surface area contributed by atoms with E-state index in [4.69, 9.17) is 19.2 Å². The van der Waals surface area contributed by atoms with Crippen LogP contribution >= 0.6 is 7.82 Å². The minimum absolute atomic E-state index is 0. The van der Waals surface area contributed by atoms with Crippen molar-refractivity contribution in [3.8, 4) is 0 Å². The van der Waals surface area contributed by atoms with Crippen LogP contribution in [0.25, 0.3) is 0 Å². The van der Waals surface area contributed by atoms with Crippen LogP contribution < -0.4 is 14.7 Å². The van der Waals surface area contributed by atoms with Gasteiger partial charge in [0, 0.05) is 0 Å². The van der Waals surface area contributed by atoms with Crippen LogP contribution in [0, 0.1) is 0 Å². The summed E-state index contributed by atoms with van der Waals surface area (Å²) < 4.78 is 8.55. The van der Waals surface area contributed by atoms with Crippen LogP contribution in [-0.4, -0.2) is 60.8 Å². The summed E-state index contributed by atoms with van der Waals surface area (Å²) in [5, 5.41) is 0. The minimum atomic E-state index is -5.39. The van der Waals surface area contributed by atoms with Gasteiger partial charge in [-0.05, 0) is 0 Å². The SMILES string of the molecule is O=P([O-])([O-])[O-].[Ca+2].[Fe+2].[Mg+2].[Mn+2]. The normalized spacial score (nSPS) is 6.56. The van der Waals surface area contributed by atoms with E-state index in [0.717, 1.165) is 0 Å². The Morgan fingerprint density at radius 2 is 1.11 bits per heavy atom. The molecule has 0 spiro atoms. The number of hydrogen-bond donors (Lipinski definition) is 0. The van der Waals surface area contributed by atoms with Crippen LogP contribution in [0.1, 0.15) is 0 Å². The molecular weight excluding hydrogens is 270 g/mol. The molecule has 0 aromatic rings. The molecule has 0 saturated heterocycles. The van der Waals surface area contributed by atoms with Crippen LogP contribution in [0.2, 0.25) is 0 Å². The summed E-state index contributed by atoms with van der Waals surface area (Å²) in [6.07, 6.45) is 0. The van der Waals surface area contributed by atoms with Crippen LogP contribution in [-0.2, 0) is 38.7 Å². The molecule has 4 nitrogen and oxygen atoms in total. The molecule has 0 unspecified atom stereocenters. The van der Waals surface area contributed by atoms with Gasteiger partial charge in [-0.25, -0.2) is 0 Å². The Bertz CT molecular complexity index is 66.7. The van der Waals surface area contributed by atoms with E-state index in [1.165, 1.54) is 0 Å². The van der Waals surface area contributed by atoms with Crippen molar-refractivity contribution in [2.24, 2.45) is 0 Å². The average Bonchev–Trinajstić information content (AvgIpc) is 0.722. The Hall–Kier alpha value is 3.17. The third kappa shape index (κ3) is 93.3. The summed E-state index contributed by atoms with van der Waals surface area (Å²) in [5.41, 5.74) is 0. The molecule has 9 heteroatoms. The summed E-state index contributed by atoms with van der Waals surface area (Å²) in [5.74, 6) is 0. The van der Waals surface area contributed by atoms with E-state index in [1.54, 1.807) is 0 Å². The number of hydrogen-bond acceptors (Lipinski definition) is 4. The summed E-state index contributed by atoms with van der Waals surface area (Å²) in [4.78, 5) is 25.6. The zero-order valence-corrected chi connectivity index (χ0v) is 11.0. The van der Waals surface area contributed by atoms with Gasteiger partial charge >= 0.3 is 94.9 Å². The van der Waals surface area contributed by atoms with Crippen molar-refractivity contribution in [2.45, 2.75) is 0 Å². The Labute approximate surface area is 120 Å². The van der Waals surface area contributed by atoms with Gasteiger partial charge in [0.15, 0.2) is 0 Å². The van der Waals surface area contributed by atoms with Crippen molar-refractivity contribution < 1.29 is 53.4 Å². The Morgan fingerprint density at radius 3 is 1.11 bits per heavy atom. The van der Waals surface area contributed by atoms with Crippen LogP contribution in [0.4, 0.5) is 0 Å². The number of phosphoric acid groups is 1. The molecule has 0 atom stereocenters. The predicted octanol–water partition coefficient (Wildman–Crippen LogP) is -3.59. The molecule has 9 heavy (non-hydrogen) atoms. The average molecular weight is 270 g/mol. The molecule has 0 amide bonds. The third-order valence-corrected chi connectivity index (χ3v) is 0. The van der Waals surface area contributed by atoms with E-state index >= 15 is 0 Å². The molecule has 0 rings (SSSR count). The molecule has 0 aromatic heterocycles. The van der Waals surface area contributed by atoms with Crippen molar-refractivity contribution in [3.05, 3.63) is 0 Å². The van der Waals surface area contributed by atoms with E-state index in [-0.39, 0.29) is 94.9 Å². The molecule has 0 aliphatic carbocycles. The molecule has 0 fully saturated rings. The second-order valence-corrected chi connectivity index (χ2v) is 1.34. The van der Waals surface area contributed by atoms with Gasteiger partial charge in [-0.15, -0.1) is 0 Å². The minimum Gasteiger partial charge on any atom is -0.822 e. The first-order valence-corrected chi connectivity index (χ1v) is 2.19. The molecule has 43 valence electrons. The molecule has 0 heterocycles. The summed E-state index contributed by atoms with van der Waals surface area (Å²) in [7, 11) is -5.39. The van der Waals surface area contributed by atoms with Gasteiger partial charge in [-0.3, -0.25) is 0 Å². The first-order chi connectivity index (χ1) is 2.00. The summed E-state index contributed by atoms with van der Waals surface area (Å²) in [6, 6.07) is 0. The molecular formula is CaFeMgMnO4P+5. The van der Waals surface area contributed by atoms with Crippen molar-refractivity contribution in [1.82, 2.24) is 0 Å². The second-order valence-electron chi connectivity index (χ2n) is 0.447. The molecule has 0 bridgehead atoms. The number of rotatable bonds is 0. The first kappa shape index (κ1) is 29.5. The van der Waals surface area contributed by atoms with Gasteiger partial charge in [0.05, 0.1) is 0 Å². The van der Waals surface area contributed by atoms with E-state index in [2.05, 4.69) is 0 Å². The summed E-state index contributed by atoms with van der Waals surface area (Å²) >= 11 is 0. The Morgan fingerprint density at radius 1 is 1.11 bits per heavy atom. The van der Waals surface area contributed by atoms with E-state index in [9.17, 15) is 0 Å². The van der Waals surface area contributed by atoms with Gasteiger partial charge in [-0.2, -0.15) is 7.82 Å². The standard InChI is InChI=1S/Ca.Fe.Mg.Mn.H3O4P/c;;;;1-5(2,3)4/h;;;;(H3,1,2,3,4)/q4*+2;/p-3. The molecule has 0 aromatic carbocycles. The van der Waals surface area contributed by atoms with Gasteiger partial charge in [0.2, 0.25) is 0 Å². The predicted molar refractivity (Wildman–Crippen MR) is 19.1 cm³/mol. The molecule has 0 aliphatic rings. The van der Waals surface area contributed by atoms with Gasteiger partial charge < -0.3 is 19.2 Å².